The lowest BCUT2D eigenvalue weighted by molar-refractivity contribution is 0.0711. The van der Waals surface area contributed by atoms with Crippen LogP contribution in [0.1, 0.15) is 31.9 Å². The second kappa shape index (κ2) is 7.55. The van der Waals surface area contributed by atoms with Gasteiger partial charge in [0.05, 0.1) is 11.4 Å². The fraction of sp³-hybridized carbons (Fsp3) is 0.625. The molecule has 1 aromatic carbocycles. The van der Waals surface area contributed by atoms with Crippen molar-refractivity contribution in [2.75, 3.05) is 26.7 Å². The summed E-state index contributed by atoms with van der Waals surface area (Å²) in [5.41, 5.74) is 1.12. The first-order valence-corrected chi connectivity index (χ1v) is 9.28. The molecule has 0 spiro atoms. The lowest BCUT2D eigenvalue weighted by atomic mass is 10.1. The van der Waals surface area contributed by atoms with Crippen LogP contribution >= 0.6 is 0 Å². The summed E-state index contributed by atoms with van der Waals surface area (Å²) in [4.78, 5) is 2.17. The van der Waals surface area contributed by atoms with Crippen LogP contribution in [-0.4, -0.2) is 51.4 Å². The Labute approximate surface area is 133 Å². The second-order valence-corrected chi connectivity index (χ2v) is 8.12. The molecule has 6 heteroatoms. The first-order chi connectivity index (χ1) is 10.4. The predicted octanol–water partition coefficient (Wildman–Crippen LogP) is 1.78. The number of sulfonamides is 1. The molecule has 0 unspecified atom stereocenters. The topological polar surface area (TPSA) is 58.6 Å². The molecular weight excluding hydrogens is 300 g/mol. The summed E-state index contributed by atoms with van der Waals surface area (Å²) in [5, 5.41) is -0.330. The van der Waals surface area contributed by atoms with Crippen LogP contribution in [0.5, 0.6) is 0 Å². The first-order valence-electron chi connectivity index (χ1n) is 7.73. The van der Waals surface area contributed by atoms with Crippen molar-refractivity contribution in [3.05, 3.63) is 35.9 Å². The zero-order chi connectivity index (χ0) is 16.2. The Morgan fingerprint density at radius 2 is 2.00 bits per heavy atom. The van der Waals surface area contributed by atoms with Gasteiger partial charge in [-0.05, 0) is 32.4 Å². The third-order valence-corrected chi connectivity index (χ3v) is 6.01. The molecule has 1 aliphatic rings. The van der Waals surface area contributed by atoms with E-state index in [9.17, 15) is 8.42 Å². The van der Waals surface area contributed by atoms with Crippen molar-refractivity contribution >= 4 is 10.0 Å². The van der Waals surface area contributed by atoms with E-state index in [-0.39, 0.29) is 17.4 Å². The average molecular weight is 326 g/mol. The van der Waals surface area contributed by atoms with Gasteiger partial charge < -0.3 is 4.74 Å². The summed E-state index contributed by atoms with van der Waals surface area (Å²) < 4.78 is 32.8. The Morgan fingerprint density at radius 1 is 1.32 bits per heavy atom. The highest BCUT2D eigenvalue weighted by molar-refractivity contribution is 7.90. The van der Waals surface area contributed by atoms with E-state index in [1.807, 2.05) is 44.2 Å². The van der Waals surface area contributed by atoms with Gasteiger partial charge in [-0.3, -0.25) is 4.90 Å². The number of nitrogens with zero attached hydrogens (tertiary/aromatic N) is 1. The molecule has 0 aromatic heterocycles. The standard InChI is InChI=1S/C16H26N2O3S/c1-13(2)17-22(19,20)15-9-10-18(11-15)12-16(21-3)14-7-5-4-6-8-14/h4-8,13,15-17H,9-12H2,1-3H3/t15-,16+/m1/s1. The summed E-state index contributed by atoms with van der Waals surface area (Å²) in [6, 6.07) is 9.98. The Hall–Kier alpha value is -0.950. The highest BCUT2D eigenvalue weighted by Crippen LogP contribution is 2.22. The molecule has 0 aliphatic carbocycles. The molecule has 1 heterocycles. The van der Waals surface area contributed by atoms with Gasteiger partial charge in [-0.2, -0.15) is 0 Å². The number of nitrogens with one attached hydrogen (secondary N) is 1. The fourth-order valence-electron chi connectivity index (χ4n) is 2.86. The van der Waals surface area contributed by atoms with Crippen LogP contribution in [0.4, 0.5) is 0 Å². The smallest absolute Gasteiger partial charge is 0.216 e. The summed E-state index contributed by atoms with van der Waals surface area (Å²) >= 11 is 0. The van der Waals surface area contributed by atoms with Crippen molar-refractivity contribution in [3.8, 4) is 0 Å². The van der Waals surface area contributed by atoms with Crippen molar-refractivity contribution in [3.63, 3.8) is 0 Å². The maximum Gasteiger partial charge on any atom is 0.216 e. The van der Waals surface area contributed by atoms with Gasteiger partial charge in [0.2, 0.25) is 10.0 Å². The van der Waals surface area contributed by atoms with E-state index in [1.165, 1.54) is 0 Å². The van der Waals surface area contributed by atoms with E-state index in [0.717, 1.165) is 12.1 Å². The number of likely N-dealkylation sites (tertiary alicyclic amines) is 1. The van der Waals surface area contributed by atoms with Crippen molar-refractivity contribution in [2.45, 2.75) is 37.7 Å². The highest BCUT2D eigenvalue weighted by Gasteiger charge is 2.34. The molecule has 5 nitrogen and oxygen atoms in total. The monoisotopic (exact) mass is 326 g/mol. The minimum absolute atomic E-state index is 0.0271. The molecular formula is C16H26N2O3S. The van der Waals surface area contributed by atoms with Crippen LogP contribution in [0.15, 0.2) is 30.3 Å². The number of methoxy groups -OCH3 is 1. The molecule has 0 bridgehead atoms. The molecule has 22 heavy (non-hydrogen) atoms. The number of hydrogen-bond acceptors (Lipinski definition) is 4. The Bertz CT molecular complexity index is 560. The third kappa shape index (κ3) is 4.52. The van der Waals surface area contributed by atoms with E-state index in [1.54, 1.807) is 7.11 Å². The fourth-order valence-corrected chi connectivity index (χ4v) is 4.53. The molecule has 0 saturated carbocycles. The lowest BCUT2D eigenvalue weighted by Crippen LogP contribution is -2.40. The van der Waals surface area contributed by atoms with Crippen LogP contribution < -0.4 is 4.72 Å². The van der Waals surface area contributed by atoms with Crippen LogP contribution in [0, 0.1) is 0 Å². The molecule has 0 radical (unpaired) electrons. The van der Waals surface area contributed by atoms with E-state index in [4.69, 9.17) is 4.74 Å². The number of ether oxygens (including phenoxy) is 1. The normalized spacial score (nSPS) is 21.4. The highest BCUT2D eigenvalue weighted by atomic mass is 32.2. The van der Waals surface area contributed by atoms with Gasteiger partial charge >= 0.3 is 0 Å². The third-order valence-electron chi connectivity index (χ3n) is 3.95. The summed E-state index contributed by atoms with van der Waals surface area (Å²) in [7, 11) is -1.54. The average Bonchev–Trinajstić information content (AvgIpc) is 2.94. The first kappa shape index (κ1) is 17.4. The molecule has 1 aliphatic heterocycles. The maximum atomic E-state index is 12.2. The predicted molar refractivity (Wildman–Crippen MR) is 88.2 cm³/mol. The molecule has 1 N–H and O–H groups in total. The number of benzene rings is 1. The Kier molecular flexibility index (Phi) is 5.97. The Balaban J connectivity index is 1.96. The van der Waals surface area contributed by atoms with Crippen molar-refractivity contribution in [2.24, 2.45) is 0 Å². The zero-order valence-electron chi connectivity index (χ0n) is 13.5. The van der Waals surface area contributed by atoms with Gasteiger partial charge in [0.25, 0.3) is 0 Å². The van der Waals surface area contributed by atoms with Gasteiger partial charge in [-0.25, -0.2) is 13.1 Å². The largest absolute Gasteiger partial charge is 0.375 e. The number of hydrogen-bond donors (Lipinski definition) is 1. The number of rotatable bonds is 7. The molecule has 2 rings (SSSR count). The van der Waals surface area contributed by atoms with Crippen LogP contribution in [0.2, 0.25) is 0 Å². The van der Waals surface area contributed by atoms with Gasteiger partial charge in [0.1, 0.15) is 0 Å². The zero-order valence-corrected chi connectivity index (χ0v) is 14.3. The second-order valence-electron chi connectivity index (χ2n) is 6.12. The summed E-state index contributed by atoms with van der Waals surface area (Å²) in [5.74, 6) is 0. The van der Waals surface area contributed by atoms with E-state index < -0.39 is 10.0 Å². The van der Waals surface area contributed by atoms with Crippen molar-refractivity contribution in [1.29, 1.82) is 0 Å². The van der Waals surface area contributed by atoms with E-state index in [0.29, 0.717) is 19.5 Å². The molecule has 0 amide bonds. The maximum absolute atomic E-state index is 12.2. The van der Waals surface area contributed by atoms with Crippen LogP contribution in [0.3, 0.4) is 0 Å². The van der Waals surface area contributed by atoms with Gasteiger partial charge in [-0.1, -0.05) is 30.3 Å². The van der Waals surface area contributed by atoms with Crippen molar-refractivity contribution < 1.29 is 13.2 Å². The van der Waals surface area contributed by atoms with Crippen LogP contribution in [-0.2, 0) is 14.8 Å². The van der Waals surface area contributed by atoms with Gasteiger partial charge in [0, 0.05) is 26.2 Å². The SMILES string of the molecule is CO[C@@H](CN1CC[C@@H](S(=O)(=O)NC(C)C)C1)c1ccccc1. The summed E-state index contributed by atoms with van der Waals surface area (Å²) in [6.45, 7) is 5.76. The van der Waals surface area contributed by atoms with Gasteiger partial charge in [0.15, 0.2) is 0 Å². The molecule has 1 aromatic rings. The summed E-state index contributed by atoms with van der Waals surface area (Å²) in [6.07, 6.45) is 0.647. The quantitative estimate of drug-likeness (QED) is 0.830. The van der Waals surface area contributed by atoms with Crippen LogP contribution in [0.25, 0.3) is 0 Å². The van der Waals surface area contributed by atoms with E-state index >= 15 is 0 Å². The lowest BCUT2D eigenvalue weighted by Gasteiger charge is -2.23. The van der Waals surface area contributed by atoms with Gasteiger partial charge in [-0.15, -0.1) is 0 Å². The van der Waals surface area contributed by atoms with Crippen molar-refractivity contribution in [1.82, 2.24) is 9.62 Å². The minimum Gasteiger partial charge on any atom is -0.375 e. The molecule has 2 atom stereocenters. The molecule has 1 fully saturated rings. The Morgan fingerprint density at radius 3 is 2.59 bits per heavy atom. The van der Waals surface area contributed by atoms with E-state index in [2.05, 4.69) is 9.62 Å². The minimum atomic E-state index is -3.23. The molecule has 124 valence electrons. The molecule has 1 saturated heterocycles.